The maximum atomic E-state index is 14.9. The number of hydrogen-bond donors (Lipinski definition) is 1. The summed E-state index contributed by atoms with van der Waals surface area (Å²) < 4.78 is 30.9. The molecule has 4 spiro atoms. The van der Waals surface area contributed by atoms with Gasteiger partial charge in [0.1, 0.15) is 24.4 Å². The molecule has 5 heterocycles. The molecule has 9 nitrogen and oxygen atoms in total. The molecule has 12 unspecified atom stereocenters. The molecule has 1 N–H and O–H groups in total. The number of ether oxygens (including phenoxy) is 4. The lowest BCUT2D eigenvalue weighted by Crippen LogP contribution is -2.80. The topological polar surface area (TPSA) is 125 Å². The molecule has 9 aliphatic rings. The average molecular weight is 537 g/mol. The third-order valence-corrected chi connectivity index (χ3v) is 12.8. The van der Waals surface area contributed by atoms with Gasteiger partial charge in [-0.3, -0.25) is 9.59 Å². The molecule has 9 heteroatoms. The lowest BCUT2D eigenvalue weighted by molar-refractivity contribution is -0.276. The molecular weight excluding hydrogens is 504 g/mol. The Morgan fingerprint density at radius 3 is 2.59 bits per heavy atom. The van der Waals surface area contributed by atoms with Gasteiger partial charge in [-0.05, 0) is 57.4 Å². The number of esters is 2. The molecule has 10 rings (SSSR count). The van der Waals surface area contributed by atoms with E-state index in [1.54, 1.807) is 18.6 Å². The van der Waals surface area contributed by atoms with Gasteiger partial charge in [0.15, 0.2) is 11.9 Å². The summed E-state index contributed by atoms with van der Waals surface area (Å²) in [6.45, 7) is 5.95. The van der Waals surface area contributed by atoms with Crippen molar-refractivity contribution < 1.29 is 42.9 Å². The van der Waals surface area contributed by atoms with Gasteiger partial charge in [-0.15, -0.1) is 0 Å². The van der Waals surface area contributed by atoms with Gasteiger partial charge in [-0.1, -0.05) is 19.1 Å². The maximum Gasteiger partial charge on any atom is 0.339 e. The summed E-state index contributed by atoms with van der Waals surface area (Å²) in [4.78, 5) is 41.6. The van der Waals surface area contributed by atoms with Gasteiger partial charge >= 0.3 is 11.9 Å². The fourth-order valence-electron chi connectivity index (χ4n) is 11.9. The molecule has 0 radical (unpaired) electrons. The van der Waals surface area contributed by atoms with E-state index in [-0.39, 0.29) is 30.2 Å². The number of hydrogen-bond acceptors (Lipinski definition) is 9. The fourth-order valence-corrected chi connectivity index (χ4v) is 11.9. The van der Waals surface area contributed by atoms with Gasteiger partial charge in [-0.2, -0.15) is 0 Å². The standard InChI is InChI=1S/C30H32O9/c1-25(2)29-9-4-8-27(18(31)19(29)32)17-14(5-6-16-21(38-25)28(17,29)13-36-23(16)33)11-26(3)20(15-7-10-35-12-15)37-24(34)22-30(26,27)39-22/h4,7,9-10,12,14,16-18,20-22,31H,5-6,8,11,13H2,1-3H3. The number of rotatable bonds is 1. The second-order valence-corrected chi connectivity index (χ2v) is 14.1. The summed E-state index contributed by atoms with van der Waals surface area (Å²) in [6.07, 6.45) is 5.98. The van der Waals surface area contributed by atoms with Crippen LogP contribution in [0.15, 0.2) is 35.2 Å². The van der Waals surface area contributed by atoms with Crippen molar-refractivity contribution in [3.8, 4) is 0 Å². The third kappa shape index (κ3) is 1.96. The number of allylic oxidation sites excluding steroid dienone is 1. The molecule has 1 aromatic heterocycles. The molecule has 3 saturated carbocycles. The van der Waals surface area contributed by atoms with E-state index in [2.05, 4.69) is 6.92 Å². The minimum atomic E-state index is -1.39. The van der Waals surface area contributed by atoms with E-state index in [9.17, 15) is 19.5 Å². The Balaban J connectivity index is 1.38. The van der Waals surface area contributed by atoms with Crippen LogP contribution >= 0.6 is 0 Å². The van der Waals surface area contributed by atoms with Crippen molar-refractivity contribution in [1.29, 1.82) is 0 Å². The zero-order valence-electron chi connectivity index (χ0n) is 22.2. The summed E-state index contributed by atoms with van der Waals surface area (Å²) in [7, 11) is 0. The molecule has 1 aromatic rings. The first-order chi connectivity index (χ1) is 18.5. The van der Waals surface area contributed by atoms with Gasteiger partial charge in [0.05, 0.1) is 41.0 Å². The van der Waals surface area contributed by atoms with Crippen LogP contribution in [0.1, 0.15) is 58.1 Å². The lowest BCUT2D eigenvalue weighted by Gasteiger charge is -2.70. The second-order valence-electron chi connectivity index (χ2n) is 14.1. The monoisotopic (exact) mass is 536 g/mol. The van der Waals surface area contributed by atoms with E-state index in [0.29, 0.717) is 25.7 Å². The third-order valence-electron chi connectivity index (χ3n) is 12.8. The average Bonchev–Trinajstić information content (AvgIpc) is 3.48. The molecular formula is C30H32O9. The van der Waals surface area contributed by atoms with Gasteiger partial charge in [0.25, 0.3) is 0 Å². The molecule has 7 fully saturated rings. The van der Waals surface area contributed by atoms with Gasteiger partial charge in [-0.25, -0.2) is 4.79 Å². The van der Waals surface area contributed by atoms with Crippen molar-refractivity contribution in [3.63, 3.8) is 0 Å². The highest BCUT2D eigenvalue weighted by Crippen LogP contribution is 2.86. The van der Waals surface area contributed by atoms with Crippen LogP contribution in [-0.4, -0.2) is 58.9 Å². The minimum absolute atomic E-state index is 0.0122. The molecule has 12 atom stereocenters. The number of epoxide rings is 1. The van der Waals surface area contributed by atoms with Crippen molar-refractivity contribution in [1.82, 2.24) is 0 Å². The maximum absolute atomic E-state index is 14.9. The number of aliphatic hydroxyl groups excluding tert-OH is 1. The number of cyclic esters (lactones) is 2. The first kappa shape index (κ1) is 23.2. The minimum Gasteiger partial charge on any atom is -0.472 e. The van der Waals surface area contributed by atoms with Crippen LogP contribution < -0.4 is 0 Å². The van der Waals surface area contributed by atoms with Gasteiger partial charge < -0.3 is 28.5 Å². The normalized spacial score (nSPS) is 56.9. The molecule has 0 amide bonds. The SMILES string of the molecule is CC1(C)OC2C3CCC4CC5(C)C(c6ccoc6)OC(=O)C6OC65C56CC=CC1(C(=O)C5O)C2(COC3=O)C46. The number of Topliss-reactive ketones (excluding diaryl/α,β-unsaturated/α-hetero) is 1. The number of carbonyl (C=O) groups is 3. The molecule has 0 aromatic carbocycles. The molecule has 5 aliphatic carbocycles. The van der Waals surface area contributed by atoms with Crippen LogP contribution in [0, 0.1) is 39.4 Å². The Hall–Kier alpha value is -2.49. The van der Waals surface area contributed by atoms with Crippen LogP contribution in [0.5, 0.6) is 0 Å². The molecule has 4 bridgehead atoms. The Morgan fingerprint density at radius 2 is 1.82 bits per heavy atom. The van der Waals surface area contributed by atoms with Crippen LogP contribution in [0.2, 0.25) is 0 Å². The molecule has 4 saturated heterocycles. The summed E-state index contributed by atoms with van der Waals surface area (Å²) in [5.74, 6) is -1.83. The Kier molecular flexibility index (Phi) is 3.79. The zero-order valence-corrected chi connectivity index (χ0v) is 22.2. The van der Waals surface area contributed by atoms with Crippen LogP contribution in [0.25, 0.3) is 0 Å². The Labute approximate surface area is 225 Å². The fraction of sp³-hybridized carbons (Fsp3) is 0.700. The van der Waals surface area contributed by atoms with E-state index in [1.807, 2.05) is 26.0 Å². The summed E-state index contributed by atoms with van der Waals surface area (Å²) in [5, 5.41) is 12.4. The van der Waals surface area contributed by atoms with E-state index < -0.39 is 69.2 Å². The van der Waals surface area contributed by atoms with Crippen molar-refractivity contribution >= 4 is 17.7 Å². The van der Waals surface area contributed by atoms with Crippen LogP contribution in [0.4, 0.5) is 0 Å². The summed E-state index contributed by atoms with van der Waals surface area (Å²) in [5.41, 5.74) is -5.30. The van der Waals surface area contributed by atoms with E-state index in [0.717, 1.165) is 5.56 Å². The van der Waals surface area contributed by atoms with E-state index in [4.69, 9.17) is 23.4 Å². The van der Waals surface area contributed by atoms with Crippen LogP contribution in [-0.2, 0) is 33.3 Å². The summed E-state index contributed by atoms with van der Waals surface area (Å²) in [6, 6.07) is 1.80. The Morgan fingerprint density at radius 1 is 1.00 bits per heavy atom. The molecule has 39 heavy (non-hydrogen) atoms. The van der Waals surface area contributed by atoms with Crippen molar-refractivity contribution in [2.24, 2.45) is 39.4 Å². The number of aliphatic hydroxyl groups is 1. The van der Waals surface area contributed by atoms with E-state index in [1.165, 1.54) is 0 Å². The van der Waals surface area contributed by atoms with Crippen LogP contribution in [0.3, 0.4) is 0 Å². The zero-order chi connectivity index (χ0) is 27.0. The van der Waals surface area contributed by atoms with Gasteiger partial charge in [0.2, 0.25) is 0 Å². The van der Waals surface area contributed by atoms with Crippen molar-refractivity contribution in [2.45, 2.75) is 82.1 Å². The summed E-state index contributed by atoms with van der Waals surface area (Å²) >= 11 is 0. The Bertz CT molecular complexity index is 1400. The van der Waals surface area contributed by atoms with Crippen molar-refractivity contribution in [2.75, 3.05) is 6.61 Å². The quantitative estimate of drug-likeness (QED) is 0.328. The number of ketones is 1. The first-order valence-corrected chi connectivity index (χ1v) is 14.2. The van der Waals surface area contributed by atoms with Gasteiger partial charge in [0, 0.05) is 16.4 Å². The first-order valence-electron chi connectivity index (χ1n) is 14.2. The largest absolute Gasteiger partial charge is 0.472 e. The number of furan rings is 1. The van der Waals surface area contributed by atoms with E-state index >= 15 is 0 Å². The highest BCUT2D eigenvalue weighted by molar-refractivity contribution is 5.97. The molecule has 4 aliphatic heterocycles. The predicted molar refractivity (Wildman–Crippen MR) is 130 cm³/mol. The second kappa shape index (κ2) is 6.37. The number of carbonyl (C=O) groups excluding carboxylic acids is 3. The number of fused-ring (bicyclic) bond motifs is 2. The molecule has 206 valence electrons. The lowest BCUT2D eigenvalue weighted by atomic mass is 9.31. The highest BCUT2D eigenvalue weighted by Gasteiger charge is 2.95. The van der Waals surface area contributed by atoms with Crippen molar-refractivity contribution in [3.05, 3.63) is 36.3 Å². The smallest absolute Gasteiger partial charge is 0.339 e. The predicted octanol–water partition coefficient (Wildman–Crippen LogP) is 2.66. The highest BCUT2D eigenvalue weighted by atomic mass is 16.7.